The molecule has 0 radical (unpaired) electrons. The average molecular weight is 236 g/mol. The zero-order valence-electron chi connectivity index (χ0n) is 8.75. The smallest absolute Gasteiger partial charge is 0.369 e. The zero-order valence-corrected chi connectivity index (χ0v) is 8.75. The fourth-order valence-corrected chi connectivity index (χ4v) is 1.21. The maximum Gasteiger partial charge on any atom is 0.410 e. The summed E-state index contributed by atoms with van der Waals surface area (Å²) < 4.78 is 38.0. The lowest BCUT2D eigenvalue weighted by Gasteiger charge is -2.16. The highest BCUT2D eigenvalue weighted by molar-refractivity contribution is 5.76. The number of primary amides is 1. The Morgan fingerprint density at radius 2 is 2.12 bits per heavy atom. The van der Waals surface area contributed by atoms with Gasteiger partial charge in [0.2, 0.25) is 5.91 Å². The van der Waals surface area contributed by atoms with E-state index in [1.165, 1.54) is 6.92 Å². The molecule has 0 fully saturated rings. The molecule has 1 heterocycles. The summed E-state index contributed by atoms with van der Waals surface area (Å²) in [5, 5.41) is 6.88. The van der Waals surface area contributed by atoms with Crippen molar-refractivity contribution in [3.05, 3.63) is 11.4 Å². The second-order valence-corrected chi connectivity index (χ2v) is 3.43. The Hall–Kier alpha value is -1.60. The van der Waals surface area contributed by atoms with Crippen molar-refractivity contribution in [2.75, 3.05) is 0 Å². The van der Waals surface area contributed by atoms with Gasteiger partial charge < -0.3 is 5.73 Å². The minimum Gasteiger partial charge on any atom is -0.369 e. The predicted molar refractivity (Wildman–Crippen MR) is 48.4 cm³/mol. The SMILES string of the molecule is Cc1c(CC(N)=O)nnn1C(C)C(F)(F)F. The third-order valence-electron chi connectivity index (χ3n) is 2.21. The largest absolute Gasteiger partial charge is 0.410 e. The normalized spacial score (nSPS) is 13.8. The van der Waals surface area contributed by atoms with Crippen molar-refractivity contribution in [1.82, 2.24) is 15.0 Å². The van der Waals surface area contributed by atoms with E-state index >= 15 is 0 Å². The number of hydrogen-bond acceptors (Lipinski definition) is 3. The van der Waals surface area contributed by atoms with E-state index in [1.54, 1.807) is 0 Å². The van der Waals surface area contributed by atoms with E-state index in [0.717, 1.165) is 11.6 Å². The number of rotatable bonds is 3. The molecule has 1 unspecified atom stereocenters. The molecule has 0 aromatic carbocycles. The molecule has 0 saturated heterocycles. The van der Waals surface area contributed by atoms with Crippen molar-refractivity contribution in [3.8, 4) is 0 Å². The van der Waals surface area contributed by atoms with E-state index in [1.807, 2.05) is 0 Å². The minimum absolute atomic E-state index is 0.170. The lowest BCUT2D eigenvalue weighted by atomic mass is 10.2. The Labute approximate surface area is 89.4 Å². The second kappa shape index (κ2) is 4.11. The van der Waals surface area contributed by atoms with E-state index in [-0.39, 0.29) is 17.8 Å². The molecule has 0 spiro atoms. The third-order valence-corrected chi connectivity index (χ3v) is 2.21. The third kappa shape index (κ3) is 2.50. The maximum atomic E-state index is 12.4. The Kier molecular flexibility index (Phi) is 3.20. The summed E-state index contributed by atoms with van der Waals surface area (Å²) in [6.07, 6.45) is -4.61. The number of carbonyl (C=O) groups is 1. The number of nitrogens with zero attached hydrogens (tertiary/aromatic N) is 3. The minimum atomic E-state index is -4.40. The van der Waals surface area contributed by atoms with Crippen molar-refractivity contribution in [3.63, 3.8) is 0 Å². The average Bonchev–Trinajstić information content (AvgIpc) is 2.45. The van der Waals surface area contributed by atoms with Gasteiger partial charge in [0.15, 0.2) is 0 Å². The molecule has 5 nitrogen and oxygen atoms in total. The first-order valence-corrected chi connectivity index (χ1v) is 4.49. The van der Waals surface area contributed by atoms with Crippen LogP contribution in [0.3, 0.4) is 0 Å². The van der Waals surface area contributed by atoms with Crippen LogP contribution in [-0.2, 0) is 11.2 Å². The zero-order chi connectivity index (χ0) is 12.5. The summed E-state index contributed by atoms with van der Waals surface area (Å²) in [6.45, 7) is 2.39. The Morgan fingerprint density at radius 1 is 1.56 bits per heavy atom. The second-order valence-electron chi connectivity index (χ2n) is 3.43. The van der Waals surface area contributed by atoms with E-state index in [4.69, 9.17) is 5.73 Å². The molecule has 8 heteroatoms. The first-order chi connectivity index (χ1) is 7.23. The van der Waals surface area contributed by atoms with Gasteiger partial charge in [0.05, 0.1) is 17.8 Å². The van der Waals surface area contributed by atoms with E-state index in [2.05, 4.69) is 10.3 Å². The highest BCUT2D eigenvalue weighted by atomic mass is 19.4. The van der Waals surface area contributed by atoms with Crippen molar-refractivity contribution < 1.29 is 18.0 Å². The predicted octanol–water partition coefficient (Wildman–Crippen LogP) is 0.738. The van der Waals surface area contributed by atoms with Crippen molar-refractivity contribution >= 4 is 5.91 Å². The van der Waals surface area contributed by atoms with Gasteiger partial charge >= 0.3 is 6.18 Å². The summed E-state index contributed by atoms with van der Waals surface area (Å²) in [6, 6.07) is -1.78. The van der Waals surface area contributed by atoms with Gasteiger partial charge in [0, 0.05) is 0 Å². The molecule has 0 aliphatic rings. The number of alkyl halides is 3. The molecule has 16 heavy (non-hydrogen) atoms. The van der Waals surface area contributed by atoms with Gasteiger partial charge in [-0.15, -0.1) is 5.10 Å². The molecule has 1 atom stereocenters. The first-order valence-electron chi connectivity index (χ1n) is 4.49. The first kappa shape index (κ1) is 12.5. The monoisotopic (exact) mass is 236 g/mol. The quantitative estimate of drug-likeness (QED) is 0.841. The van der Waals surface area contributed by atoms with Crippen LogP contribution < -0.4 is 5.73 Å². The van der Waals surface area contributed by atoms with Crippen LogP contribution in [-0.4, -0.2) is 27.1 Å². The number of hydrogen-bond donors (Lipinski definition) is 1. The van der Waals surface area contributed by atoms with Gasteiger partial charge in [0.25, 0.3) is 0 Å². The molecule has 2 N–H and O–H groups in total. The number of aromatic nitrogens is 3. The summed E-state index contributed by atoms with van der Waals surface area (Å²) in [4.78, 5) is 10.6. The van der Waals surface area contributed by atoms with Crippen LogP contribution in [0.25, 0.3) is 0 Å². The molecule has 0 aliphatic heterocycles. The summed E-state index contributed by atoms with van der Waals surface area (Å²) in [5.41, 5.74) is 5.29. The van der Waals surface area contributed by atoms with Gasteiger partial charge in [-0.25, -0.2) is 4.68 Å². The van der Waals surface area contributed by atoms with Gasteiger partial charge in [-0.1, -0.05) is 5.21 Å². The molecule has 0 aliphatic carbocycles. The number of nitrogens with two attached hydrogens (primary N) is 1. The standard InChI is InChI=1S/C8H11F3N4O/c1-4-6(3-7(12)16)13-14-15(4)5(2)8(9,10)11/h5H,3H2,1-2H3,(H2,12,16). The molecule has 1 aromatic heterocycles. The maximum absolute atomic E-state index is 12.4. The Morgan fingerprint density at radius 3 is 2.56 bits per heavy atom. The van der Waals surface area contributed by atoms with Crippen LogP contribution >= 0.6 is 0 Å². The highest BCUT2D eigenvalue weighted by Crippen LogP contribution is 2.30. The van der Waals surface area contributed by atoms with Crippen molar-refractivity contribution in [2.24, 2.45) is 5.73 Å². The van der Waals surface area contributed by atoms with Gasteiger partial charge in [-0.3, -0.25) is 4.79 Å². The van der Waals surface area contributed by atoms with Crippen LogP contribution in [0.4, 0.5) is 13.2 Å². The van der Waals surface area contributed by atoms with Crippen LogP contribution in [0, 0.1) is 6.92 Å². The number of amides is 1. The van der Waals surface area contributed by atoms with E-state index in [0.29, 0.717) is 0 Å². The van der Waals surface area contributed by atoms with E-state index < -0.39 is 18.1 Å². The van der Waals surface area contributed by atoms with Crippen molar-refractivity contribution in [1.29, 1.82) is 0 Å². The summed E-state index contributed by atoms with van der Waals surface area (Å²) in [5.74, 6) is -0.658. The van der Waals surface area contributed by atoms with Crippen LogP contribution in [0.5, 0.6) is 0 Å². The fraction of sp³-hybridized carbons (Fsp3) is 0.625. The van der Waals surface area contributed by atoms with Gasteiger partial charge in [-0.05, 0) is 13.8 Å². The molecular weight excluding hydrogens is 225 g/mol. The topological polar surface area (TPSA) is 73.8 Å². The summed E-state index contributed by atoms with van der Waals surface area (Å²) >= 11 is 0. The lowest BCUT2D eigenvalue weighted by molar-refractivity contribution is -0.166. The van der Waals surface area contributed by atoms with Crippen LogP contribution in [0.15, 0.2) is 0 Å². The van der Waals surface area contributed by atoms with Crippen LogP contribution in [0.2, 0.25) is 0 Å². The molecule has 90 valence electrons. The molecule has 1 amide bonds. The molecule has 1 aromatic rings. The molecule has 1 rings (SSSR count). The number of carbonyl (C=O) groups excluding carboxylic acids is 1. The van der Waals surface area contributed by atoms with Gasteiger partial charge in [-0.2, -0.15) is 13.2 Å². The van der Waals surface area contributed by atoms with Crippen molar-refractivity contribution in [2.45, 2.75) is 32.5 Å². The van der Waals surface area contributed by atoms with Gasteiger partial charge in [0.1, 0.15) is 6.04 Å². The van der Waals surface area contributed by atoms with Crippen LogP contribution in [0.1, 0.15) is 24.4 Å². The highest BCUT2D eigenvalue weighted by Gasteiger charge is 2.39. The molecular formula is C8H11F3N4O. The molecule has 0 saturated carbocycles. The Balaban J connectivity index is 3.00. The molecule has 0 bridgehead atoms. The summed E-state index contributed by atoms with van der Waals surface area (Å²) in [7, 11) is 0. The number of halogens is 3. The van der Waals surface area contributed by atoms with E-state index in [9.17, 15) is 18.0 Å². The fourth-order valence-electron chi connectivity index (χ4n) is 1.21. The lowest BCUT2D eigenvalue weighted by Crippen LogP contribution is -2.25. The Bertz CT molecular complexity index is 398.